The normalized spacial score (nSPS) is 25.9. The van der Waals surface area contributed by atoms with Crippen molar-refractivity contribution in [3.05, 3.63) is 35.4 Å². The summed E-state index contributed by atoms with van der Waals surface area (Å²) in [6.45, 7) is 1.58. The molecule has 3 heteroatoms. The summed E-state index contributed by atoms with van der Waals surface area (Å²) in [5, 5.41) is 19.4. The molecule has 2 N–H and O–H groups in total. The molecule has 1 aliphatic carbocycles. The summed E-state index contributed by atoms with van der Waals surface area (Å²) >= 11 is 0. The fourth-order valence-electron chi connectivity index (χ4n) is 2.34. The number of carbonyl (C=O) groups is 1. The van der Waals surface area contributed by atoms with Gasteiger partial charge in [0, 0.05) is 6.42 Å². The van der Waals surface area contributed by atoms with Crippen LogP contribution < -0.4 is 0 Å². The molecule has 0 spiro atoms. The lowest BCUT2D eigenvalue weighted by atomic mass is 9.74. The molecule has 0 aliphatic heterocycles. The Morgan fingerprint density at radius 1 is 1.38 bits per heavy atom. The monoisotopic (exact) mass is 220 g/mol. The van der Waals surface area contributed by atoms with Gasteiger partial charge in [-0.2, -0.15) is 0 Å². The van der Waals surface area contributed by atoms with Gasteiger partial charge in [0.2, 0.25) is 0 Å². The molecular weight excluding hydrogens is 204 g/mol. The van der Waals surface area contributed by atoms with E-state index in [0.717, 1.165) is 12.0 Å². The largest absolute Gasteiger partial charge is 0.481 e. The molecule has 0 fully saturated rings. The molecule has 3 nitrogen and oxygen atoms in total. The molecule has 0 aromatic heterocycles. The van der Waals surface area contributed by atoms with Crippen molar-refractivity contribution in [2.75, 3.05) is 0 Å². The minimum atomic E-state index is -1.10. The smallest absolute Gasteiger partial charge is 0.309 e. The molecule has 2 atom stereocenters. The standard InChI is InChI=1S/C13H16O3/c1-9(12(14)15)13(16)7-6-10-4-2-3-5-11(10)8-13/h2-5,9,16H,6-8H2,1H3,(H,14,15). The lowest BCUT2D eigenvalue weighted by Crippen LogP contribution is -2.45. The van der Waals surface area contributed by atoms with Crippen molar-refractivity contribution in [2.45, 2.75) is 31.8 Å². The van der Waals surface area contributed by atoms with Crippen molar-refractivity contribution >= 4 is 5.97 Å². The van der Waals surface area contributed by atoms with E-state index in [9.17, 15) is 9.90 Å². The zero-order valence-corrected chi connectivity index (χ0v) is 9.31. The van der Waals surface area contributed by atoms with E-state index < -0.39 is 17.5 Å². The summed E-state index contributed by atoms with van der Waals surface area (Å²) < 4.78 is 0. The van der Waals surface area contributed by atoms with E-state index in [1.165, 1.54) is 5.56 Å². The van der Waals surface area contributed by atoms with Crippen LogP contribution in [0.1, 0.15) is 24.5 Å². The first-order chi connectivity index (χ1) is 7.53. The summed E-state index contributed by atoms with van der Waals surface area (Å²) in [6, 6.07) is 7.91. The lowest BCUT2D eigenvalue weighted by Gasteiger charge is -2.36. The molecule has 0 radical (unpaired) electrons. The summed E-state index contributed by atoms with van der Waals surface area (Å²) in [7, 11) is 0. The maximum atomic E-state index is 11.0. The molecule has 16 heavy (non-hydrogen) atoms. The van der Waals surface area contributed by atoms with Gasteiger partial charge in [-0.15, -0.1) is 0 Å². The first kappa shape index (κ1) is 11.1. The van der Waals surface area contributed by atoms with Gasteiger partial charge < -0.3 is 10.2 Å². The molecule has 1 aromatic rings. The van der Waals surface area contributed by atoms with Crippen LogP contribution in [-0.2, 0) is 17.6 Å². The van der Waals surface area contributed by atoms with Gasteiger partial charge in [-0.1, -0.05) is 24.3 Å². The van der Waals surface area contributed by atoms with Crippen LogP contribution in [0.25, 0.3) is 0 Å². The van der Waals surface area contributed by atoms with Gasteiger partial charge in [-0.25, -0.2) is 0 Å². The highest BCUT2D eigenvalue weighted by Gasteiger charge is 2.40. The predicted octanol–water partition coefficient (Wildman–Crippen LogP) is 1.63. The quantitative estimate of drug-likeness (QED) is 0.796. The number of aliphatic hydroxyl groups is 1. The second-order valence-electron chi connectivity index (χ2n) is 4.61. The van der Waals surface area contributed by atoms with Crippen LogP contribution in [0, 0.1) is 5.92 Å². The van der Waals surface area contributed by atoms with Crippen LogP contribution in [0.5, 0.6) is 0 Å². The van der Waals surface area contributed by atoms with E-state index in [-0.39, 0.29) is 0 Å². The Balaban J connectivity index is 2.27. The van der Waals surface area contributed by atoms with Crippen molar-refractivity contribution in [3.63, 3.8) is 0 Å². The molecule has 86 valence electrons. The number of carboxylic acids is 1. The molecule has 0 heterocycles. The van der Waals surface area contributed by atoms with Crippen LogP contribution >= 0.6 is 0 Å². The SMILES string of the molecule is CC(C(=O)O)C1(O)CCc2ccccc2C1. The van der Waals surface area contributed by atoms with Gasteiger partial charge in [0.1, 0.15) is 0 Å². The zero-order valence-electron chi connectivity index (χ0n) is 9.31. The molecule has 2 rings (SSSR count). The predicted molar refractivity (Wildman–Crippen MR) is 60.2 cm³/mol. The molecule has 0 amide bonds. The Hall–Kier alpha value is -1.35. The van der Waals surface area contributed by atoms with Crippen LogP contribution in [0.4, 0.5) is 0 Å². The number of fused-ring (bicyclic) bond motifs is 1. The zero-order chi connectivity index (χ0) is 11.8. The van der Waals surface area contributed by atoms with E-state index in [2.05, 4.69) is 0 Å². The second-order valence-corrected chi connectivity index (χ2v) is 4.61. The van der Waals surface area contributed by atoms with E-state index in [4.69, 9.17) is 5.11 Å². The first-order valence-electron chi connectivity index (χ1n) is 5.55. The fourth-order valence-corrected chi connectivity index (χ4v) is 2.34. The third-order valence-corrected chi connectivity index (χ3v) is 3.62. The number of aliphatic carboxylic acids is 1. The van der Waals surface area contributed by atoms with Crippen molar-refractivity contribution < 1.29 is 15.0 Å². The molecule has 0 bridgehead atoms. The van der Waals surface area contributed by atoms with Crippen LogP contribution in [-0.4, -0.2) is 21.8 Å². The molecule has 1 aliphatic rings. The third-order valence-electron chi connectivity index (χ3n) is 3.62. The molecule has 2 unspecified atom stereocenters. The minimum absolute atomic E-state index is 0.441. The summed E-state index contributed by atoms with van der Waals surface area (Å²) in [6.07, 6.45) is 1.72. The second kappa shape index (κ2) is 3.91. The molecule has 0 saturated heterocycles. The van der Waals surface area contributed by atoms with E-state index in [0.29, 0.717) is 12.8 Å². The summed E-state index contributed by atoms with van der Waals surface area (Å²) in [4.78, 5) is 11.0. The van der Waals surface area contributed by atoms with E-state index in [1.54, 1.807) is 6.92 Å². The number of benzene rings is 1. The highest BCUT2D eigenvalue weighted by molar-refractivity contribution is 5.71. The van der Waals surface area contributed by atoms with Crippen molar-refractivity contribution in [2.24, 2.45) is 5.92 Å². The van der Waals surface area contributed by atoms with Crippen LogP contribution in [0.2, 0.25) is 0 Å². The van der Waals surface area contributed by atoms with Gasteiger partial charge in [0.05, 0.1) is 11.5 Å². The van der Waals surface area contributed by atoms with E-state index in [1.807, 2.05) is 24.3 Å². The van der Waals surface area contributed by atoms with Crippen molar-refractivity contribution in [1.29, 1.82) is 0 Å². The van der Waals surface area contributed by atoms with Gasteiger partial charge in [-0.05, 0) is 30.9 Å². The van der Waals surface area contributed by atoms with Crippen LogP contribution in [0.15, 0.2) is 24.3 Å². The Labute approximate surface area is 94.7 Å². The highest BCUT2D eigenvalue weighted by Crippen LogP contribution is 2.34. The first-order valence-corrected chi connectivity index (χ1v) is 5.55. The van der Waals surface area contributed by atoms with Gasteiger partial charge in [0.25, 0.3) is 0 Å². The van der Waals surface area contributed by atoms with E-state index >= 15 is 0 Å². The van der Waals surface area contributed by atoms with Gasteiger partial charge in [-0.3, -0.25) is 4.79 Å². The Kier molecular flexibility index (Phi) is 2.72. The number of hydrogen-bond acceptors (Lipinski definition) is 2. The maximum absolute atomic E-state index is 11.0. The Morgan fingerprint density at radius 2 is 2.00 bits per heavy atom. The molecule has 0 saturated carbocycles. The van der Waals surface area contributed by atoms with Gasteiger partial charge in [0.15, 0.2) is 0 Å². The topological polar surface area (TPSA) is 57.5 Å². The average molecular weight is 220 g/mol. The fraction of sp³-hybridized carbons (Fsp3) is 0.462. The molecule has 1 aromatic carbocycles. The summed E-state index contributed by atoms with van der Waals surface area (Å²) in [5.41, 5.74) is 1.20. The van der Waals surface area contributed by atoms with Crippen molar-refractivity contribution in [3.8, 4) is 0 Å². The third kappa shape index (κ3) is 1.83. The Bertz CT molecular complexity index is 413. The summed E-state index contributed by atoms with van der Waals surface area (Å²) in [5.74, 6) is -1.65. The van der Waals surface area contributed by atoms with Gasteiger partial charge >= 0.3 is 5.97 Å². The maximum Gasteiger partial charge on any atom is 0.309 e. The number of aryl methyl sites for hydroxylation is 1. The minimum Gasteiger partial charge on any atom is -0.481 e. The van der Waals surface area contributed by atoms with Crippen LogP contribution in [0.3, 0.4) is 0 Å². The number of carboxylic acid groups (broad SMARTS) is 1. The highest BCUT2D eigenvalue weighted by atomic mass is 16.4. The lowest BCUT2D eigenvalue weighted by molar-refractivity contribution is -0.151. The molecular formula is C13H16O3. The number of rotatable bonds is 2. The average Bonchev–Trinajstić information content (AvgIpc) is 2.27. The van der Waals surface area contributed by atoms with Crippen molar-refractivity contribution in [1.82, 2.24) is 0 Å². The Morgan fingerprint density at radius 3 is 2.62 bits per heavy atom. The number of hydrogen-bond donors (Lipinski definition) is 2.